The van der Waals surface area contributed by atoms with Crippen molar-refractivity contribution in [2.45, 2.75) is 34.6 Å². The summed E-state index contributed by atoms with van der Waals surface area (Å²) < 4.78 is 9.12. The van der Waals surface area contributed by atoms with E-state index in [4.69, 9.17) is 4.74 Å². The molecule has 4 aromatic rings. The number of nitrogens with zero attached hydrogens (tertiary/aromatic N) is 3. The maximum absolute atomic E-state index is 12.8. The van der Waals surface area contributed by atoms with Gasteiger partial charge in [0.15, 0.2) is 6.61 Å². The summed E-state index contributed by atoms with van der Waals surface area (Å²) in [5.41, 5.74) is 7.25. The van der Waals surface area contributed by atoms with Gasteiger partial charge in [-0.15, -0.1) is 0 Å². The Kier molecular flexibility index (Phi) is 6.36. The minimum Gasteiger partial charge on any atom is -0.452 e. The van der Waals surface area contributed by atoms with Crippen LogP contribution in [0.2, 0.25) is 0 Å². The first-order valence-corrected chi connectivity index (χ1v) is 11.1. The predicted molar refractivity (Wildman–Crippen MR) is 132 cm³/mol. The molecule has 0 aliphatic heterocycles. The molecular weight excluding hydrogens is 428 g/mol. The van der Waals surface area contributed by atoms with Crippen LogP contribution < -0.4 is 5.32 Å². The maximum Gasteiger partial charge on any atom is 0.340 e. The largest absolute Gasteiger partial charge is 0.452 e. The van der Waals surface area contributed by atoms with Gasteiger partial charge in [0.05, 0.1) is 28.3 Å². The minimum atomic E-state index is -0.532. The zero-order chi connectivity index (χ0) is 24.4. The van der Waals surface area contributed by atoms with Crippen molar-refractivity contribution in [3.63, 3.8) is 0 Å². The van der Waals surface area contributed by atoms with Gasteiger partial charge in [0.2, 0.25) is 0 Å². The Labute approximate surface area is 199 Å². The number of ether oxygens (including phenoxy) is 1. The summed E-state index contributed by atoms with van der Waals surface area (Å²) in [6.07, 6.45) is 0. The van der Waals surface area contributed by atoms with Gasteiger partial charge in [-0.1, -0.05) is 35.9 Å². The lowest BCUT2D eigenvalue weighted by Crippen LogP contribution is -2.21. The second-order valence-electron chi connectivity index (χ2n) is 8.37. The van der Waals surface area contributed by atoms with Gasteiger partial charge in [-0.3, -0.25) is 4.79 Å². The second kappa shape index (κ2) is 9.39. The highest BCUT2D eigenvalue weighted by Crippen LogP contribution is 2.24. The topological polar surface area (TPSA) is 78.2 Å². The molecule has 0 saturated carbocycles. The van der Waals surface area contributed by atoms with Crippen LogP contribution >= 0.6 is 0 Å². The molecule has 1 N–H and O–H groups in total. The van der Waals surface area contributed by atoms with Crippen molar-refractivity contribution in [3.8, 4) is 11.4 Å². The van der Waals surface area contributed by atoms with E-state index in [1.54, 1.807) is 10.7 Å². The van der Waals surface area contributed by atoms with Crippen molar-refractivity contribution in [3.05, 3.63) is 94.6 Å². The molecule has 0 atom stereocenters. The lowest BCUT2D eigenvalue weighted by molar-refractivity contribution is -0.119. The fraction of sp³-hybridized carbons (Fsp3) is 0.222. The molecule has 0 unspecified atom stereocenters. The number of para-hydroxylation sites is 1. The van der Waals surface area contributed by atoms with Crippen LogP contribution in [0.5, 0.6) is 0 Å². The van der Waals surface area contributed by atoms with E-state index in [0.717, 1.165) is 34.0 Å². The van der Waals surface area contributed by atoms with Gasteiger partial charge in [0.1, 0.15) is 0 Å². The van der Waals surface area contributed by atoms with Crippen LogP contribution in [0.15, 0.2) is 60.7 Å². The molecule has 174 valence electrons. The number of nitrogens with one attached hydrogen (secondary N) is 1. The third kappa shape index (κ3) is 4.50. The van der Waals surface area contributed by atoms with Crippen LogP contribution in [-0.2, 0) is 9.53 Å². The average Bonchev–Trinajstić information content (AvgIpc) is 3.28. The summed E-state index contributed by atoms with van der Waals surface area (Å²) in [4.78, 5) is 25.3. The van der Waals surface area contributed by atoms with Crippen molar-refractivity contribution in [1.82, 2.24) is 14.3 Å². The molecule has 0 spiro atoms. The Hall–Kier alpha value is -4.13. The van der Waals surface area contributed by atoms with E-state index in [2.05, 4.69) is 10.4 Å². The molecular formula is C27H28N4O3. The number of carbonyl (C=O) groups is 2. The monoisotopic (exact) mass is 456 g/mol. The third-order valence-electron chi connectivity index (χ3n) is 5.83. The Morgan fingerprint density at radius 3 is 2.24 bits per heavy atom. The van der Waals surface area contributed by atoms with E-state index in [1.165, 1.54) is 0 Å². The highest BCUT2D eigenvalue weighted by molar-refractivity contribution is 5.96. The van der Waals surface area contributed by atoms with Crippen molar-refractivity contribution >= 4 is 17.6 Å². The lowest BCUT2D eigenvalue weighted by atomic mass is 10.2. The molecule has 7 nitrogen and oxygen atoms in total. The first-order valence-electron chi connectivity index (χ1n) is 11.1. The molecule has 2 heterocycles. The molecule has 0 aliphatic rings. The zero-order valence-corrected chi connectivity index (χ0v) is 20.0. The predicted octanol–water partition coefficient (Wildman–Crippen LogP) is 5.00. The molecule has 0 radical (unpaired) electrons. The van der Waals surface area contributed by atoms with Crippen molar-refractivity contribution in [2.24, 2.45) is 0 Å². The minimum absolute atomic E-state index is 0.386. The number of aromatic nitrogens is 3. The number of benzene rings is 2. The number of hydrogen-bond acceptors (Lipinski definition) is 4. The van der Waals surface area contributed by atoms with Gasteiger partial charge in [-0.05, 0) is 65.0 Å². The van der Waals surface area contributed by atoms with Gasteiger partial charge >= 0.3 is 5.97 Å². The van der Waals surface area contributed by atoms with E-state index < -0.39 is 11.9 Å². The lowest BCUT2D eigenvalue weighted by Gasteiger charge is -2.10. The molecule has 0 bridgehead atoms. The van der Waals surface area contributed by atoms with Crippen molar-refractivity contribution in [1.29, 1.82) is 0 Å². The molecule has 1 amide bonds. The zero-order valence-electron chi connectivity index (χ0n) is 20.0. The molecule has 0 saturated heterocycles. The first-order chi connectivity index (χ1) is 16.3. The molecule has 0 aliphatic carbocycles. The second-order valence-corrected chi connectivity index (χ2v) is 8.37. The van der Waals surface area contributed by atoms with Crippen LogP contribution in [0.1, 0.15) is 38.7 Å². The summed E-state index contributed by atoms with van der Waals surface area (Å²) in [7, 11) is 0. The summed E-state index contributed by atoms with van der Waals surface area (Å²) in [5, 5.41) is 7.36. The molecule has 34 heavy (non-hydrogen) atoms. The first kappa shape index (κ1) is 23.0. The fourth-order valence-corrected chi connectivity index (χ4v) is 4.09. The Morgan fingerprint density at radius 1 is 0.882 bits per heavy atom. The smallest absolute Gasteiger partial charge is 0.340 e. The number of esters is 1. The van der Waals surface area contributed by atoms with Crippen LogP contribution in [-0.4, -0.2) is 32.8 Å². The van der Waals surface area contributed by atoms with E-state index in [9.17, 15) is 9.59 Å². The van der Waals surface area contributed by atoms with Crippen molar-refractivity contribution in [2.75, 3.05) is 11.9 Å². The van der Waals surface area contributed by atoms with Crippen LogP contribution in [0.3, 0.4) is 0 Å². The van der Waals surface area contributed by atoms with Gasteiger partial charge in [0.25, 0.3) is 5.91 Å². The van der Waals surface area contributed by atoms with Crippen LogP contribution in [0.25, 0.3) is 11.4 Å². The van der Waals surface area contributed by atoms with Gasteiger partial charge in [-0.25, -0.2) is 9.48 Å². The van der Waals surface area contributed by atoms with E-state index in [0.29, 0.717) is 16.9 Å². The Morgan fingerprint density at radius 2 is 1.56 bits per heavy atom. The highest BCUT2D eigenvalue weighted by Gasteiger charge is 2.20. The van der Waals surface area contributed by atoms with E-state index >= 15 is 0 Å². The number of rotatable bonds is 6. The van der Waals surface area contributed by atoms with E-state index in [-0.39, 0.29) is 6.61 Å². The maximum atomic E-state index is 12.8. The summed E-state index contributed by atoms with van der Waals surface area (Å²) in [6.45, 7) is 9.16. The standard InChI is InChI=1S/C27H28N4O3/c1-17-11-13-22(14-12-17)30-18(2)15-24(20(30)4)27(33)34-16-25(32)28-26-19(3)29-31(21(26)5)23-9-7-6-8-10-23/h6-15H,16H2,1-5H3,(H,28,32). The molecule has 2 aromatic carbocycles. The van der Waals surface area contributed by atoms with E-state index in [1.807, 2.05) is 93.8 Å². The van der Waals surface area contributed by atoms with Crippen molar-refractivity contribution < 1.29 is 14.3 Å². The number of hydrogen-bond donors (Lipinski definition) is 1. The van der Waals surface area contributed by atoms with Gasteiger partial charge in [0, 0.05) is 17.1 Å². The number of anilines is 1. The molecule has 7 heteroatoms. The summed E-state index contributed by atoms with van der Waals surface area (Å²) in [6, 6.07) is 19.5. The quantitative estimate of drug-likeness (QED) is 0.414. The highest BCUT2D eigenvalue weighted by atomic mass is 16.5. The number of carbonyl (C=O) groups excluding carboxylic acids is 2. The summed E-state index contributed by atoms with van der Waals surface area (Å²) in [5.74, 6) is -0.949. The SMILES string of the molecule is Cc1ccc(-n2c(C)cc(C(=O)OCC(=O)Nc3c(C)nn(-c4ccccc4)c3C)c2C)cc1. The van der Waals surface area contributed by atoms with Gasteiger partial charge in [-0.2, -0.15) is 5.10 Å². The Bertz CT molecular complexity index is 1350. The normalized spacial score (nSPS) is 10.9. The number of amides is 1. The molecule has 4 rings (SSSR count). The average molecular weight is 457 g/mol. The van der Waals surface area contributed by atoms with Crippen LogP contribution in [0, 0.1) is 34.6 Å². The van der Waals surface area contributed by atoms with Crippen LogP contribution in [0.4, 0.5) is 5.69 Å². The Balaban J connectivity index is 1.44. The fourth-order valence-electron chi connectivity index (χ4n) is 4.09. The van der Waals surface area contributed by atoms with Gasteiger partial charge < -0.3 is 14.6 Å². The molecule has 2 aromatic heterocycles. The third-order valence-corrected chi connectivity index (χ3v) is 5.83. The molecule has 0 fully saturated rings. The number of aryl methyl sites for hydroxylation is 3. The summed E-state index contributed by atoms with van der Waals surface area (Å²) >= 11 is 0.